The molecular formula is C15H24N2O. The molecule has 1 aromatic heterocycles. The normalized spacial score (nSPS) is 12.4. The Labute approximate surface area is 110 Å². The van der Waals surface area contributed by atoms with Gasteiger partial charge in [-0.05, 0) is 17.0 Å². The van der Waals surface area contributed by atoms with E-state index in [1.807, 2.05) is 12.3 Å². The van der Waals surface area contributed by atoms with Crippen molar-refractivity contribution in [2.24, 2.45) is 0 Å². The van der Waals surface area contributed by atoms with Crippen molar-refractivity contribution in [1.82, 2.24) is 4.98 Å². The van der Waals surface area contributed by atoms with Gasteiger partial charge >= 0.3 is 0 Å². The van der Waals surface area contributed by atoms with Crippen LogP contribution in [0.1, 0.15) is 59.7 Å². The summed E-state index contributed by atoms with van der Waals surface area (Å²) in [5, 5.41) is 2.89. The van der Waals surface area contributed by atoms with E-state index in [1.165, 1.54) is 6.92 Å². The van der Waals surface area contributed by atoms with Gasteiger partial charge in [-0.25, -0.2) is 0 Å². The van der Waals surface area contributed by atoms with Crippen LogP contribution in [0, 0.1) is 0 Å². The first kappa shape index (κ1) is 14.7. The van der Waals surface area contributed by atoms with E-state index < -0.39 is 0 Å². The number of nitrogens with zero attached hydrogens (tertiary/aromatic N) is 1. The zero-order chi connectivity index (χ0) is 14.1. The SMILES string of the molecule is CC(=O)Nc1cc(C(C)(C)C)cnc1C(C)(C)C. The van der Waals surface area contributed by atoms with Gasteiger partial charge < -0.3 is 5.32 Å². The Balaban J connectivity index is 3.34. The number of aromatic nitrogens is 1. The molecule has 0 spiro atoms. The van der Waals surface area contributed by atoms with Crippen LogP contribution in [0.15, 0.2) is 12.3 Å². The topological polar surface area (TPSA) is 42.0 Å². The number of nitrogens with one attached hydrogen (secondary N) is 1. The highest BCUT2D eigenvalue weighted by Gasteiger charge is 2.23. The van der Waals surface area contributed by atoms with Gasteiger partial charge in [0.25, 0.3) is 0 Å². The second-order valence-corrected chi connectivity index (χ2v) is 6.80. The van der Waals surface area contributed by atoms with E-state index in [4.69, 9.17) is 0 Å². The van der Waals surface area contributed by atoms with Crippen molar-refractivity contribution in [1.29, 1.82) is 0 Å². The summed E-state index contributed by atoms with van der Waals surface area (Å²) >= 11 is 0. The van der Waals surface area contributed by atoms with Crippen molar-refractivity contribution in [3.05, 3.63) is 23.5 Å². The number of rotatable bonds is 1. The zero-order valence-electron chi connectivity index (χ0n) is 12.5. The second kappa shape index (κ2) is 4.71. The first-order chi connectivity index (χ1) is 8.01. The first-order valence-corrected chi connectivity index (χ1v) is 6.30. The summed E-state index contributed by atoms with van der Waals surface area (Å²) in [6.45, 7) is 14.2. The van der Waals surface area contributed by atoms with Crippen LogP contribution >= 0.6 is 0 Å². The van der Waals surface area contributed by atoms with E-state index in [0.717, 1.165) is 16.9 Å². The van der Waals surface area contributed by atoms with Crippen LogP contribution in [0.4, 0.5) is 5.69 Å². The summed E-state index contributed by atoms with van der Waals surface area (Å²) < 4.78 is 0. The second-order valence-electron chi connectivity index (χ2n) is 6.80. The Morgan fingerprint density at radius 2 is 1.67 bits per heavy atom. The highest BCUT2D eigenvalue weighted by atomic mass is 16.1. The maximum atomic E-state index is 11.3. The molecule has 0 aliphatic rings. The Kier molecular flexibility index (Phi) is 3.84. The molecule has 1 heterocycles. The maximum Gasteiger partial charge on any atom is 0.221 e. The summed E-state index contributed by atoms with van der Waals surface area (Å²) in [6.07, 6.45) is 1.91. The molecule has 0 bridgehead atoms. The van der Waals surface area contributed by atoms with E-state index in [1.54, 1.807) is 0 Å². The molecule has 0 atom stereocenters. The van der Waals surface area contributed by atoms with Gasteiger partial charge in [-0.15, -0.1) is 0 Å². The van der Waals surface area contributed by atoms with Gasteiger partial charge in [0.15, 0.2) is 0 Å². The molecule has 0 unspecified atom stereocenters. The molecule has 100 valence electrons. The minimum atomic E-state index is -0.0891. The largest absolute Gasteiger partial charge is 0.325 e. The molecule has 1 amide bonds. The minimum absolute atomic E-state index is 0.0244. The summed E-state index contributed by atoms with van der Waals surface area (Å²) in [5.74, 6) is -0.0617. The average molecular weight is 248 g/mol. The molecule has 18 heavy (non-hydrogen) atoms. The number of hydrogen-bond acceptors (Lipinski definition) is 2. The van der Waals surface area contributed by atoms with Crippen LogP contribution in [-0.2, 0) is 15.6 Å². The van der Waals surface area contributed by atoms with Gasteiger partial charge in [0.05, 0.1) is 11.4 Å². The van der Waals surface area contributed by atoms with Crippen molar-refractivity contribution in [3.63, 3.8) is 0 Å². The van der Waals surface area contributed by atoms with E-state index >= 15 is 0 Å². The highest BCUT2D eigenvalue weighted by molar-refractivity contribution is 5.89. The highest BCUT2D eigenvalue weighted by Crippen LogP contribution is 2.31. The number of pyridine rings is 1. The van der Waals surface area contributed by atoms with E-state index in [2.05, 4.69) is 51.8 Å². The predicted molar refractivity (Wildman–Crippen MR) is 75.9 cm³/mol. The van der Waals surface area contributed by atoms with Gasteiger partial charge in [-0.3, -0.25) is 9.78 Å². The van der Waals surface area contributed by atoms with Gasteiger partial charge in [0.1, 0.15) is 0 Å². The number of hydrogen-bond donors (Lipinski definition) is 1. The quantitative estimate of drug-likeness (QED) is 0.824. The van der Waals surface area contributed by atoms with Crippen LogP contribution < -0.4 is 5.32 Å². The number of carbonyl (C=O) groups is 1. The molecule has 1 rings (SSSR count). The lowest BCUT2D eigenvalue weighted by Crippen LogP contribution is -2.21. The summed E-state index contributed by atoms with van der Waals surface area (Å²) in [5.41, 5.74) is 2.80. The zero-order valence-corrected chi connectivity index (χ0v) is 12.5. The third kappa shape index (κ3) is 3.56. The Morgan fingerprint density at radius 1 is 1.11 bits per heavy atom. The third-order valence-electron chi connectivity index (χ3n) is 2.77. The molecule has 3 nitrogen and oxygen atoms in total. The number of carbonyl (C=O) groups excluding carboxylic acids is 1. The molecule has 0 radical (unpaired) electrons. The van der Waals surface area contributed by atoms with E-state index in [9.17, 15) is 4.79 Å². The van der Waals surface area contributed by atoms with Crippen molar-refractivity contribution >= 4 is 11.6 Å². The molecule has 0 saturated carbocycles. The third-order valence-corrected chi connectivity index (χ3v) is 2.77. The molecule has 0 fully saturated rings. The maximum absolute atomic E-state index is 11.3. The van der Waals surface area contributed by atoms with E-state index in [-0.39, 0.29) is 16.7 Å². The summed E-state index contributed by atoms with van der Waals surface area (Å²) in [6, 6.07) is 2.04. The molecule has 1 aromatic rings. The van der Waals surface area contributed by atoms with Crippen LogP contribution in [-0.4, -0.2) is 10.9 Å². The molecular weight excluding hydrogens is 224 g/mol. The molecule has 3 heteroatoms. The lowest BCUT2D eigenvalue weighted by molar-refractivity contribution is -0.114. The lowest BCUT2D eigenvalue weighted by Gasteiger charge is -2.25. The smallest absolute Gasteiger partial charge is 0.221 e. The fourth-order valence-electron chi connectivity index (χ4n) is 1.76. The summed E-state index contributed by atoms with van der Waals surface area (Å²) in [7, 11) is 0. The van der Waals surface area contributed by atoms with Gasteiger partial charge in [0.2, 0.25) is 5.91 Å². The standard InChI is InChI=1S/C15H24N2O/c1-10(18)17-12-8-11(14(2,3)4)9-16-13(12)15(5,6)7/h8-9H,1-7H3,(H,17,18). The van der Waals surface area contributed by atoms with Crippen molar-refractivity contribution in [3.8, 4) is 0 Å². The van der Waals surface area contributed by atoms with Crippen LogP contribution in [0.2, 0.25) is 0 Å². The molecule has 0 aliphatic heterocycles. The fraction of sp³-hybridized carbons (Fsp3) is 0.600. The number of amides is 1. The molecule has 0 aliphatic carbocycles. The number of anilines is 1. The Bertz CT molecular complexity index is 451. The molecule has 0 saturated heterocycles. The molecule has 0 aromatic carbocycles. The van der Waals surface area contributed by atoms with Crippen molar-refractivity contribution < 1.29 is 4.79 Å². The minimum Gasteiger partial charge on any atom is -0.325 e. The molecule has 1 N–H and O–H groups in total. The van der Waals surface area contributed by atoms with Gasteiger partial charge in [-0.2, -0.15) is 0 Å². The first-order valence-electron chi connectivity index (χ1n) is 6.30. The summed E-state index contributed by atoms with van der Waals surface area (Å²) in [4.78, 5) is 15.9. The monoisotopic (exact) mass is 248 g/mol. The van der Waals surface area contributed by atoms with Crippen molar-refractivity contribution in [2.45, 2.75) is 59.3 Å². The van der Waals surface area contributed by atoms with Crippen LogP contribution in [0.25, 0.3) is 0 Å². The Hall–Kier alpha value is -1.38. The van der Waals surface area contributed by atoms with Crippen LogP contribution in [0.5, 0.6) is 0 Å². The van der Waals surface area contributed by atoms with Gasteiger partial charge in [0, 0.05) is 18.5 Å². The van der Waals surface area contributed by atoms with Crippen molar-refractivity contribution in [2.75, 3.05) is 5.32 Å². The lowest BCUT2D eigenvalue weighted by atomic mass is 9.85. The Morgan fingerprint density at radius 3 is 2.06 bits per heavy atom. The average Bonchev–Trinajstić information content (AvgIpc) is 2.13. The van der Waals surface area contributed by atoms with Gasteiger partial charge in [-0.1, -0.05) is 41.5 Å². The predicted octanol–water partition coefficient (Wildman–Crippen LogP) is 3.64. The van der Waals surface area contributed by atoms with Crippen LogP contribution in [0.3, 0.4) is 0 Å². The van der Waals surface area contributed by atoms with E-state index in [0.29, 0.717) is 0 Å². The fourth-order valence-corrected chi connectivity index (χ4v) is 1.76.